The number of carbonyl (C=O) groups is 1. The molecule has 0 saturated heterocycles. The fourth-order valence-corrected chi connectivity index (χ4v) is 2.88. The fourth-order valence-electron chi connectivity index (χ4n) is 2.88. The van der Waals surface area contributed by atoms with E-state index in [-0.39, 0.29) is 18.2 Å². The smallest absolute Gasteiger partial charge is 0.235 e. The van der Waals surface area contributed by atoms with Crippen molar-refractivity contribution < 1.29 is 4.79 Å². The van der Waals surface area contributed by atoms with Crippen molar-refractivity contribution in [2.24, 2.45) is 5.92 Å². The highest BCUT2D eigenvalue weighted by atomic mass is 16.2. The Kier molecular flexibility index (Phi) is 2.79. The Hall–Kier alpha value is -1.82. The number of nitrogens with zero attached hydrogens (tertiary/aromatic N) is 2. The second-order valence-corrected chi connectivity index (χ2v) is 5.22. The van der Waals surface area contributed by atoms with Crippen molar-refractivity contribution in [1.29, 1.82) is 5.26 Å². The summed E-state index contributed by atoms with van der Waals surface area (Å²) >= 11 is 0. The lowest BCUT2D eigenvalue weighted by Crippen LogP contribution is -2.35. The van der Waals surface area contributed by atoms with Crippen LogP contribution in [0.4, 0.5) is 5.69 Å². The largest absolute Gasteiger partial charge is 0.311 e. The van der Waals surface area contributed by atoms with E-state index in [0.717, 1.165) is 17.8 Å². The number of carbonyl (C=O) groups excluding carboxylic acids is 1. The van der Waals surface area contributed by atoms with Gasteiger partial charge in [0.25, 0.3) is 0 Å². The number of anilines is 1. The van der Waals surface area contributed by atoms with Gasteiger partial charge in [-0.1, -0.05) is 24.6 Å². The quantitative estimate of drug-likeness (QED) is 0.815. The van der Waals surface area contributed by atoms with Gasteiger partial charge in [0.05, 0.1) is 18.4 Å². The van der Waals surface area contributed by atoms with Crippen LogP contribution in [0, 0.1) is 17.2 Å². The normalized spacial score (nSPS) is 22.5. The Balaban J connectivity index is 1.90. The molecule has 2 aliphatic rings. The van der Waals surface area contributed by atoms with E-state index in [4.69, 9.17) is 5.26 Å². The van der Waals surface area contributed by atoms with Gasteiger partial charge in [-0.05, 0) is 30.4 Å². The number of benzene rings is 1. The maximum Gasteiger partial charge on any atom is 0.235 e. The van der Waals surface area contributed by atoms with Crippen LogP contribution in [0.3, 0.4) is 0 Å². The van der Waals surface area contributed by atoms with Crippen molar-refractivity contribution in [3.05, 3.63) is 29.8 Å². The highest BCUT2D eigenvalue weighted by Crippen LogP contribution is 2.40. The molecular formula is C15H16N2O. The molecule has 1 aliphatic carbocycles. The molecule has 1 aliphatic heterocycles. The SMILES string of the molecule is N#CC[C@H]1C(=O)N(CC2CCC2)c2ccccc21. The molecule has 0 unspecified atom stereocenters. The summed E-state index contributed by atoms with van der Waals surface area (Å²) in [6.07, 6.45) is 4.04. The highest BCUT2D eigenvalue weighted by Gasteiger charge is 2.38. The van der Waals surface area contributed by atoms with Gasteiger partial charge < -0.3 is 4.90 Å². The van der Waals surface area contributed by atoms with E-state index in [1.54, 1.807) is 0 Å². The van der Waals surface area contributed by atoms with Gasteiger partial charge in [0.2, 0.25) is 5.91 Å². The topological polar surface area (TPSA) is 44.1 Å². The van der Waals surface area contributed by atoms with E-state index in [2.05, 4.69) is 6.07 Å². The molecule has 1 atom stereocenters. The van der Waals surface area contributed by atoms with Crippen LogP contribution in [0.25, 0.3) is 0 Å². The molecule has 1 saturated carbocycles. The summed E-state index contributed by atoms with van der Waals surface area (Å²) in [5, 5.41) is 8.87. The lowest BCUT2D eigenvalue weighted by Gasteiger charge is -2.30. The first-order valence-corrected chi connectivity index (χ1v) is 6.58. The van der Waals surface area contributed by atoms with Crippen LogP contribution >= 0.6 is 0 Å². The van der Waals surface area contributed by atoms with Crippen LogP contribution in [0.5, 0.6) is 0 Å². The fraction of sp³-hybridized carbons (Fsp3) is 0.467. The second-order valence-electron chi connectivity index (χ2n) is 5.22. The minimum absolute atomic E-state index is 0.115. The van der Waals surface area contributed by atoms with E-state index in [0.29, 0.717) is 5.92 Å². The standard InChI is InChI=1S/C15H16N2O/c16-9-8-13-12-6-1-2-7-14(12)17(15(13)18)10-11-4-3-5-11/h1-2,6-7,11,13H,3-5,8,10H2/t13-/m1/s1. The Labute approximate surface area is 107 Å². The Morgan fingerprint density at radius 1 is 1.33 bits per heavy atom. The zero-order valence-electron chi connectivity index (χ0n) is 10.3. The van der Waals surface area contributed by atoms with Crippen LogP contribution < -0.4 is 4.90 Å². The van der Waals surface area contributed by atoms with Gasteiger partial charge in [-0.15, -0.1) is 0 Å². The van der Waals surface area contributed by atoms with Gasteiger partial charge in [-0.3, -0.25) is 4.79 Å². The summed E-state index contributed by atoms with van der Waals surface area (Å²) in [7, 11) is 0. The number of hydrogen-bond donors (Lipinski definition) is 0. The number of rotatable bonds is 3. The van der Waals surface area contributed by atoms with E-state index >= 15 is 0 Å². The zero-order valence-corrected chi connectivity index (χ0v) is 10.3. The van der Waals surface area contributed by atoms with Gasteiger partial charge in [0.1, 0.15) is 0 Å². The molecule has 0 aromatic heterocycles. The molecule has 18 heavy (non-hydrogen) atoms. The average molecular weight is 240 g/mol. The molecule has 1 fully saturated rings. The highest BCUT2D eigenvalue weighted by molar-refractivity contribution is 6.05. The Morgan fingerprint density at radius 2 is 2.11 bits per heavy atom. The van der Waals surface area contributed by atoms with Crippen LogP contribution in [-0.2, 0) is 4.79 Å². The van der Waals surface area contributed by atoms with E-state index in [1.165, 1.54) is 19.3 Å². The number of para-hydroxylation sites is 1. The summed E-state index contributed by atoms with van der Waals surface area (Å²) in [6, 6.07) is 10.0. The second kappa shape index (κ2) is 4.45. The van der Waals surface area contributed by atoms with Crippen molar-refractivity contribution in [1.82, 2.24) is 0 Å². The molecule has 3 rings (SSSR count). The first-order valence-electron chi connectivity index (χ1n) is 6.58. The van der Waals surface area contributed by atoms with Gasteiger partial charge in [-0.2, -0.15) is 5.26 Å². The lowest BCUT2D eigenvalue weighted by atomic mass is 9.85. The Morgan fingerprint density at radius 3 is 2.78 bits per heavy atom. The van der Waals surface area contributed by atoms with Gasteiger partial charge >= 0.3 is 0 Å². The number of amides is 1. The summed E-state index contributed by atoms with van der Waals surface area (Å²) in [4.78, 5) is 14.3. The molecule has 0 bridgehead atoms. The molecule has 1 aromatic rings. The van der Waals surface area contributed by atoms with Gasteiger partial charge in [0.15, 0.2) is 0 Å². The van der Waals surface area contributed by atoms with Crippen molar-refractivity contribution in [2.45, 2.75) is 31.6 Å². The molecule has 0 N–H and O–H groups in total. The molecule has 92 valence electrons. The average Bonchev–Trinajstić information content (AvgIpc) is 2.59. The number of nitriles is 1. The van der Waals surface area contributed by atoms with Crippen LogP contribution in [0.1, 0.15) is 37.2 Å². The zero-order chi connectivity index (χ0) is 12.5. The van der Waals surface area contributed by atoms with E-state index in [9.17, 15) is 4.79 Å². The van der Waals surface area contributed by atoms with E-state index < -0.39 is 0 Å². The summed E-state index contributed by atoms with van der Waals surface area (Å²) < 4.78 is 0. The molecule has 1 heterocycles. The number of fused-ring (bicyclic) bond motifs is 1. The van der Waals surface area contributed by atoms with Crippen molar-refractivity contribution >= 4 is 11.6 Å². The van der Waals surface area contributed by atoms with Crippen LogP contribution in [-0.4, -0.2) is 12.5 Å². The monoisotopic (exact) mass is 240 g/mol. The molecule has 1 aromatic carbocycles. The third-order valence-electron chi connectivity index (χ3n) is 4.13. The van der Waals surface area contributed by atoms with Gasteiger partial charge in [-0.25, -0.2) is 0 Å². The van der Waals surface area contributed by atoms with E-state index in [1.807, 2.05) is 29.2 Å². The minimum Gasteiger partial charge on any atom is -0.311 e. The molecule has 0 radical (unpaired) electrons. The van der Waals surface area contributed by atoms with Crippen LogP contribution in [0.2, 0.25) is 0 Å². The van der Waals surface area contributed by atoms with Crippen molar-refractivity contribution in [2.75, 3.05) is 11.4 Å². The van der Waals surface area contributed by atoms with Crippen LogP contribution in [0.15, 0.2) is 24.3 Å². The third-order valence-corrected chi connectivity index (χ3v) is 4.13. The molecule has 0 spiro atoms. The summed E-state index contributed by atoms with van der Waals surface area (Å²) in [5.74, 6) is 0.527. The lowest BCUT2D eigenvalue weighted by molar-refractivity contribution is -0.119. The van der Waals surface area contributed by atoms with Gasteiger partial charge in [0, 0.05) is 12.2 Å². The third kappa shape index (κ3) is 1.69. The minimum atomic E-state index is -0.244. The van der Waals surface area contributed by atoms with Crippen molar-refractivity contribution in [3.63, 3.8) is 0 Å². The van der Waals surface area contributed by atoms with Crippen molar-refractivity contribution in [3.8, 4) is 6.07 Å². The maximum absolute atomic E-state index is 12.4. The number of hydrogen-bond acceptors (Lipinski definition) is 2. The first kappa shape index (κ1) is 11.3. The predicted octanol–water partition coefficient (Wildman–Crippen LogP) is 2.83. The molecule has 1 amide bonds. The maximum atomic E-state index is 12.4. The summed E-state index contributed by atoms with van der Waals surface area (Å²) in [6.45, 7) is 0.831. The molecule has 3 nitrogen and oxygen atoms in total. The molecule has 3 heteroatoms. The first-order chi connectivity index (χ1) is 8.81. The Bertz CT molecular complexity index is 513. The predicted molar refractivity (Wildman–Crippen MR) is 69.1 cm³/mol. The molecular weight excluding hydrogens is 224 g/mol. The summed E-state index contributed by atoms with van der Waals surface area (Å²) in [5.41, 5.74) is 2.05.